The number of fused-ring (bicyclic) bond motifs is 1. The molecular formula is C14H18ClN3O. The smallest absolute Gasteiger partial charge is 0.223 e. The van der Waals surface area contributed by atoms with Crippen molar-refractivity contribution in [2.24, 2.45) is 5.92 Å². The zero-order chi connectivity index (χ0) is 13.2. The molecule has 2 unspecified atom stereocenters. The number of piperidine rings is 2. The van der Waals surface area contributed by atoms with E-state index >= 15 is 0 Å². The summed E-state index contributed by atoms with van der Waals surface area (Å²) in [7, 11) is 0. The van der Waals surface area contributed by atoms with Crippen molar-refractivity contribution in [3.05, 3.63) is 29.0 Å². The molecule has 1 aromatic rings. The van der Waals surface area contributed by atoms with Gasteiger partial charge in [0.1, 0.15) is 0 Å². The zero-order valence-electron chi connectivity index (χ0n) is 10.8. The van der Waals surface area contributed by atoms with E-state index < -0.39 is 0 Å². The number of likely N-dealkylation sites (tertiary alicyclic amines) is 1. The van der Waals surface area contributed by atoms with Crippen LogP contribution in [0.4, 0.5) is 0 Å². The second-order valence-corrected chi connectivity index (χ2v) is 5.75. The Morgan fingerprint density at radius 2 is 2.37 bits per heavy atom. The first-order valence-corrected chi connectivity index (χ1v) is 7.22. The number of amides is 1. The molecule has 4 nitrogen and oxygen atoms in total. The van der Waals surface area contributed by atoms with Crippen LogP contribution >= 0.6 is 11.6 Å². The maximum absolute atomic E-state index is 12.2. The van der Waals surface area contributed by atoms with Gasteiger partial charge in [-0.2, -0.15) is 0 Å². The molecule has 102 valence electrons. The fraction of sp³-hybridized carbons (Fsp3) is 0.571. The summed E-state index contributed by atoms with van der Waals surface area (Å²) >= 11 is 6.15. The van der Waals surface area contributed by atoms with Gasteiger partial charge in [-0.3, -0.25) is 9.78 Å². The molecule has 5 heteroatoms. The zero-order valence-corrected chi connectivity index (χ0v) is 11.6. The third-order valence-corrected chi connectivity index (χ3v) is 4.55. The monoisotopic (exact) mass is 279 g/mol. The van der Waals surface area contributed by atoms with Crippen molar-refractivity contribution in [1.29, 1.82) is 0 Å². The summed E-state index contributed by atoms with van der Waals surface area (Å²) in [6.07, 6.45) is 6.09. The minimum absolute atomic E-state index is 0.260. The van der Waals surface area contributed by atoms with Crippen LogP contribution < -0.4 is 5.32 Å². The Labute approximate surface area is 118 Å². The number of aromatic nitrogens is 1. The van der Waals surface area contributed by atoms with E-state index in [2.05, 4.69) is 10.3 Å². The highest BCUT2D eigenvalue weighted by molar-refractivity contribution is 6.31. The molecule has 3 heterocycles. The second kappa shape index (κ2) is 5.47. The van der Waals surface area contributed by atoms with Gasteiger partial charge in [-0.25, -0.2) is 0 Å². The predicted molar refractivity (Wildman–Crippen MR) is 73.8 cm³/mol. The van der Waals surface area contributed by atoms with E-state index in [1.165, 1.54) is 0 Å². The van der Waals surface area contributed by atoms with E-state index in [0.717, 1.165) is 31.5 Å². The van der Waals surface area contributed by atoms with Crippen molar-refractivity contribution >= 4 is 17.5 Å². The lowest BCUT2D eigenvalue weighted by molar-refractivity contribution is -0.140. The first-order valence-electron chi connectivity index (χ1n) is 6.84. The van der Waals surface area contributed by atoms with Gasteiger partial charge in [-0.05, 0) is 43.5 Å². The minimum Gasteiger partial charge on any atom is -0.335 e. The Hall–Kier alpha value is -1.13. The van der Waals surface area contributed by atoms with Crippen molar-refractivity contribution in [3.8, 4) is 0 Å². The summed E-state index contributed by atoms with van der Waals surface area (Å²) in [5, 5.41) is 4.07. The van der Waals surface area contributed by atoms with Gasteiger partial charge in [0.25, 0.3) is 0 Å². The number of nitrogens with zero attached hydrogens (tertiary/aromatic N) is 2. The molecular weight excluding hydrogens is 262 g/mol. The van der Waals surface area contributed by atoms with Crippen LogP contribution in [0.2, 0.25) is 5.02 Å². The highest BCUT2D eigenvalue weighted by Gasteiger charge is 2.37. The number of halogens is 1. The molecule has 1 N–H and O–H groups in total. The molecule has 0 radical (unpaired) electrons. The van der Waals surface area contributed by atoms with E-state index in [1.54, 1.807) is 12.4 Å². The standard InChI is InChI=1S/C14H18ClN3O/c15-12-8-17-5-3-11(12)9-18-13-4-6-16-7-10(13)1-2-14(18)19/h3,5,8,10,13,16H,1-2,4,6-7,9H2. The highest BCUT2D eigenvalue weighted by Crippen LogP contribution is 2.30. The number of nitrogens with one attached hydrogen (secondary N) is 1. The molecule has 2 aliphatic heterocycles. The van der Waals surface area contributed by atoms with Gasteiger partial charge in [0, 0.05) is 31.4 Å². The second-order valence-electron chi connectivity index (χ2n) is 5.35. The highest BCUT2D eigenvalue weighted by atomic mass is 35.5. The maximum atomic E-state index is 12.2. The van der Waals surface area contributed by atoms with Crippen molar-refractivity contribution in [3.63, 3.8) is 0 Å². The lowest BCUT2D eigenvalue weighted by Gasteiger charge is -2.44. The molecule has 2 saturated heterocycles. The van der Waals surface area contributed by atoms with E-state index in [0.29, 0.717) is 29.9 Å². The van der Waals surface area contributed by atoms with Crippen LogP contribution in [0.25, 0.3) is 0 Å². The predicted octanol–water partition coefficient (Wildman–Crippen LogP) is 1.84. The van der Waals surface area contributed by atoms with Crippen LogP contribution in [0.15, 0.2) is 18.5 Å². The van der Waals surface area contributed by atoms with E-state index in [9.17, 15) is 4.79 Å². The van der Waals surface area contributed by atoms with E-state index in [-0.39, 0.29) is 5.91 Å². The van der Waals surface area contributed by atoms with Crippen LogP contribution in [0.3, 0.4) is 0 Å². The molecule has 1 amide bonds. The Bertz CT molecular complexity index is 480. The normalized spacial score (nSPS) is 27.2. The summed E-state index contributed by atoms with van der Waals surface area (Å²) in [6, 6.07) is 2.27. The molecule has 0 aliphatic carbocycles. The minimum atomic E-state index is 0.260. The largest absolute Gasteiger partial charge is 0.335 e. The molecule has 0 aromatic carbocycles. The van der Waals surface area contributed by atoms with Gasteiger partial charge in [0.2, 0.25) is 5.91 Å². The quantitative estimate of drug-likeness (QED) is 0.898. The number of rotatable bonds is 2. The van der Waals surface area contributed by atoms with Crippen molar-refractivity contribution in [2.45, 2.75) is 31.8 Å². The first kappa shape index (κ1) is 12.9. The van der Waals surface area contributed by atoms with E-state index in [1.807, 2.05) is 11.0 Å². The van der Waals surface area contributed by atoms with Gasteiger partial charge in [0.15, 0.2) is 0 Å². The summed E-state index contributed by atoms with van der Waals surface area (Å²) in [4.78, 5) is 18.2. The lowest BCUT2D eigenvalue weighted by atomic mass is 9.84. The maximum Gasteiger partial charge on any atom is 0.223 e. The van der Waals surface area contributed by atoms with Crippen LogP contribution in [0, 0.1) is 5.92 Å². The topological polar surface area (TPSA) is 45.2 Å². The molecule has 0 bridgehead atoms. The summed E-state index contributed by atoms with van der Waals surface area (Å²) in [5.74, 6) is 0.850. The number of carbonyl (C=O) groups excluding carboxylic acids is 1. The summed E-state index contributed by atoms with van der Waals surface area (Å²) in [6.45, 7) is 2.63. The summed E-state index contributed by atoms with van der Waals surface area (Å²) < 4.78 is 0. The fourth-order valence-electron chi connectivity index (χ4n) is 3.17. The molecule has 2 aliphatic rings. The molecule has 1 aromatic heterocycles. The fourth-order valence-corrected chi connectivity index (χ4v) is 3.35. The van der Waals surface area contributed by atoms with Crippen LogP contribution in [0.1, 0.15) is 24.8 Å². The van der Waals surface area contributed by atoms with Gasteiger partial charge >= 0.3 is 0 Å². The Kier molecular flexibility index (Phi) is 3.71. The third kappa shape index (κ3) is 2.60. The van der Waals surface area contributed by atoms with Crippen LogP contribution in [-0.4, -0.2) is 34.9 Å². The van der Waals surface area contributed by atoms with Crippen LogP contribution in [0.5, 0.6) is 0 Å². The molecule has 19 heavy (non-hydrogen) atoms. The molecule has 0 saturated carbocycles. The van der Waals surface area contributed by atoms with E-state index in [4.69, 9.17) is 11.6 Å². The summed E-state index contributed by atoms with van der Waals surface area (Å²) in [5.41, 5.74) is 0.990. The molecule has 2 fully saturated rings. The number of carbonyl (C=O) groups is 1. The molecule has 3 rings (SSSR count). The molecule has 0 spiro atoms. The average Bonchev–Trinajstić information content (AvgIpc) is 2.44. The average molecular weight is 280 g/mol. The van der Waals surface area contributed by atoms with Gasteiger partial charge in [0.05, 0.1) is 5.02 Å². The van der Waals surface area contributed by atoms with Gasteiger partial charge in [-0.1, -0.05) is 11.6 Å². The molecule has 2 atom stereocenters. The number of pyridine rings is 1. The number of hydrogen-bond donors (Lipinski definition) is 1. The number of hydrogen-bond acceptors (Lipinski definition) is 3. The Balaban J connectivity index is 1.81. The SMILES string of the molecule is O=C1CCC2CNCCC2N1Cc1ccncc1Cl. The Morgan fingerprint density at radius 3 is 3.21 bits per heavy atom. The Morgan fingerprint density at radius 1 is 1.47 bits per heavy atom. The van der Waals surface area contributed by atoms with Gasteiger partial charge in [-0.15, -0.1) is 0 Å². The van der Waals surface area contributed by atoms with Crippen molar-refractivity contribution in [1.82, 2.24) is 15.2 Å². The van der Waals surface area contributed by atoms with Crippen LogP contribution in [-0.2, 0) is 11.3 Å². The first-order chi connectivity index (χ1) is 9.25. The van der Waals surface area contributed by atoms with Crippen molar-refractivity contribution < 1.29 is 4.79 Å². The van der Waals surface area contributed by atoms with Crippen molar-refractivity contribution in [2.75, 3.05) is 13.1 Å². The third-order valence-electron chi connectivity index (χ3n) is 4.21. The van der Waals surface area contributed by atoms with Gasteiger partial charge < -0.3 is 10.2 Å². The lowest BCUT2D eigenvalue weighted by Crippen LogP contribution is -2.54.